The van der Waals surface area contributed by atoms with Gasteiger partial charge in [-0.3, -0.25) is 4.98 Å². The Hall–Kier alpha value is -3.39. The first-order valence-electron chi connectivity index (χ1n) is 9.68. The highest BCUT2D eigenvalue weighted by atomic mass is 16.3. The molecule has 0 N–H and O–H groups in total. The summed E-state index contributed by atoms with van der Waals surface area (Å²) in [6.07, 6.45) is 1.89. The summed E-state index contributed by atoms with van der Waals surface area (Å²) < 4.78 is 6.36. The van der Waals surface area contributed by atoms with E-state index < -0.39 is 0 Å². The predicted octanol–water partition coefficient (Wildman–Crippen LogP) is 7.44. The number of furan rings is 1. The van der Waals surface area contributed by atoms with Crippen molar-refractivity contribution in [1.82, 2.24) is 4.98 Å². The van der Waals surface area contributed by atoms with E-state index >= 15 is 0 Å². The number of rotatable bonds is 3. The molecule has 5 aromatic rings. The fraction of sp³-hybridized carbons (Fsp3) is 0.115. The molecular weight excluding hydrogens is 342 g/mol. The third-order valence-electron chi connectivity index (χ3n) is 5.34. The van der Waals surface area contributed by atoms with Crippen molar-refractivity contribution in [2.75, 3.05) is 0 Å². The second kappa shape index (κ2) is 6.65. The van der Waals surface area contributed by atoms with Crippen LogP contribution in [0.2, 0.25) is 0 Å². The number of hydrogen-bond donors (Lipinski definition) is 0. The maximum atomic E-state index is 6.36. The SMILES string of the molecule is CC(C)c1ccnc(-c2ccc(-c3ccccc3)c3c2oc2ccccc23)c1. The van der Waals surface area contributed by atoms with Crippen molar-refractivity contribution in [3.05, 3.63) is 90.6 Å². The molecule has 0 saturated carbocycles. The molecule has 0 amide bonds. The van der Waals surface area contributed by atoms with Crippen LogP contribution in [0.1, 0.15) is 25.3 Å². The summed E-state index contributed by atoms with van der Waals surface area (Å²) in [5.41, 5.74) is 7.45. The molecule has 2 aromatic heterocycles. The quantitative estimate of drug-likeness (QED) is 0.333. The summed E-state index contributed by atoms with van der Waals surface area (Å²) in [6, 6.07) is 27.3. The maximum absolute atomic E-state index is 6.36. The van der Waals surface area contributed by atoms with Crippen molar-refractivity contribution in [2.45, 2.75) is 19.8 Å². The van der Waals surface area contributed by atoms with Crippen molar-refractivity contribution in [1.29, 1.82) is 0 Å². The first-order valence-corrected chi connectivity index (χ1v) is 9.68. The first-order chi connectivity index (χ1) is 13.7. The average molecular weight is 363 g/mol. The molecule has 0 unspecified atom stereocenters. The molecule has 2 heteroatoms. The zero-order valence-corrected chi connectivity index (χ0v) is 16.0. The minimum Gasteiger partial charge on any atom is -0.455 e. The maximum Gasteiger partial charge on any atom is 0.145 e. The van der Waals surface area contributed by atoms with Gasteiger partial charge in [-0.25, -0.2) is 0 Å². The second-order valence-electron chi connectivity index (χ2n) is 7.46. The van der Waals surface area contributed by atoms with Gasteiger partial charge < -0.3 is 4.42 Å². The molecule has 136 valence electrons. The highest BCUT2D eigenvalue weighted by Crippen LogP contribution is 2.41. The van der Waals surface area contributed by atoms with Crippen LogP contribution in [0.4, 0.5) is 0 Å². The van der Waals surface area contributed by atoms with Gasteiger partial charge in [-0.2, -0.15) is 0 Å². The molecule has 0 fully saturated rings. The fourth-order valence-corrected chi connectivity index (χ4v) is 3.84. The van der Waals surface area contributed by atoms with Gasteiger partial charge in [0.05, 0.1) is 5.69 Å². The lowest BCUT2D eigenvalue weighted by atomic mass is 9.95. The van der Waals surface area contributed by atoms with Gasteiger partial charge >= 0.3 is 0 Å². The van der Waals surface area contributed by atoms with Crippen LogP contribution >= 0.6 is 0 Å². The number of nitrogens with zero attached hydrogens (tertiary/aromatic N) is 1. The molecule has 0 bridgehead atoms. The second-order valence-corrected chi connectivity index (χ2v) is 7.46. The van der Waals surface area contributed by atoms with Gasteiger partial charge in [0.2, 0.25) is 0 Å². The fourth-order valence-electron chi connectivity index (χ4n) is 3.84. The molecule has 0 spiro atoms. The molecule has 0 aliphatic carbocycles. The van der Waals surface area contributed by atoms with Crippen LogP contribution in [0.25, 0.3) is 44.3 Å². The van der Waals surface area contributed by atoms with Crippen LogP contribution < -0.4 is 0 Å². The van der Waals surface area contributed by atoms with Crippen LogP contribution in [-0.2, 0) is 0 Å². The lowest BCUT2D eigenvalue weighted by Crippen LogP contribution is -1.91. The summed E-state index contributed by atoms with van der Waals surface area (Å²) in [6.45, 7) is 4.41. The molecule has 2 heterocycles. The van der Waals surface area contributed by atoms with Crippen molar-refractivity contribution < 1.29 is 4.42 Å². The Morgan fingerprint density at radius 2 is 1.54 bits per heavy atom. The Bertz CT molecular complexity index is 1280. The van der Waals surface area contributed by atoms with Gasteiger partial charge in [-0.1, -0.05) is 68.4 Å². The number of benzene rings is 3. The van der Waals surface area contributed by atoms with Crippen molar-refractivity contribution >= 4 is 21.9 Å². The van der Waals surface area contributed by atoms with Crippen LogP contribution in [0.3, 0.4) is 0 Å². The number of pyridine rings is 1. The summed E-state index contributed by atoms with van der Waals surface area (Å²) >= 11 is 0. The van der Waals surface area contributed by atoms with Gasteiger partial charge in [0.1, 0.15) is 11.2 Å². The summed E-state index contributed by atoms with van der Waals surface area (Å²) in [5, 5.41) is 2.29. The third-order valence-corrected chi connectivity index (χ3v) is 5.34. The number of para-hydroxylation sites is 1. The summed E-state index contributed by atoms with van der Waals surface area (Å²) in [4.78, 5) is 4.65. The van der Waals surface area contributed by atoms with E-state index in [0.717, 1.165) is 33.2 Å². The van der Waals surface area contributed by atoms with E-state index in [2.05, 4.69) is 79.5 Å². The van der Waals surface area contributed by atoms with Gasteiger partial charge in [0, 0.05) is 22.5 Å². The normalized spacial score (nSPS) is 11.5. The Morgan fingerprint density at radius 3 is 2.36 bits per heavy atom. The van der Waals surface area contributed by atoms with Gasteiger partial charge in [-0.15, -0.1) is 0 Å². The number of aromatic nitrogens is 1. The van der Waals surface area contributed by atoms with Gasteiger partial charge in [0.15, 0.2) is 0 Å². The van der Waals surface area contributed by atoms with E-state index in [0.29, 0.717) is 5.92 Å². The molecule has 28 heavy (non-hydrogen) atoms. The van der Waals surface area contributed by atoms with Crippen LogP contribution in [0.15, 0.2) is 89.5 Å². The van der Waals surface area contributed by atoms with Crippen molar-refractivity contribution in [2.24, 2.45) is 0 Å². The van der Waals surface area contributed by atoms with Crippen LogP contribution in [-0.4, -0.2) is 4.98 Å². The smallest absolute Gasteiger partial charge is 0.145 e. The van der Waals surface area contributed by atoms with Gasteiger partial charge in [0.25, 0.3) is 0 Å². The molecule has 0 aliphatic rings. The van der Waals surface area contributed by atoms with Crippen LogP contribution in [0, 0.1) is 0 Å². The standard InChI is InChI=1S/C26H21NO/c1-17(2)19-14-15-27-23(16-19)21-13-12-20(18-8-4-3-5-9-18)25-22-10-6-7-11-24(22)28-26(21)25/h3-17H,1-2H3. The summed E-state index contributed by atoms with van der Waals surface area (Å²) in [7, 11) is 0. The largest absolute Gasteiger partial charge is 0.455 e. The minimum atomic E-state index is 0.455. The molecule has 3 aromatic carbocycles. The monoisotopic (exact) mass is 363 g/mol. The third kappa shape index (κ3) is 2.69. The minimum absolute atomic E-state index is 0.455. The molecule has 0 atom stereocenters. The van der Waals surface area contributed by atoms with E-state index in [1.165, 1.54) is 16.7 Å². The first kappa shape index (κ1) is 16.8. The lowest BCUT2D eigenvalue weighted by molar-refractivity contribution is 0.670. The van der Waals surface area contributed by atoms with Gasteiger partial charge in [-0.05, 0) is 46.9 Å². The van der Waals surface area contributed by atoms with Crippen LogP contribution in [0.5, 0.6) is 0 Å². The predicted molar refractivity (Wildman–Crippen MR) is 116 cm³/mol. The topological polar surface area (TPSA) is 26.0 Å². The molecule has 0 radical (unpaired) electrons. The molecule has 0 saturated heterocycles. The van der Waals surface area contributed by atoms with E-state index in [1.54, 1.807) is 0 Å². The van der Waals surface area contributed by atoms with E-state index in [1.807, 2.05) is 24.4 Å². The number of fused-ring (bicyclic) bond motifs is 3. The van der Waals surface area contributed by atoms with E-state index in [-0.39, 0.29) is 0 Å². The number of hydrogen-bond acceptors (Lipinski definition) is 2. The Morgan fingerprint density at radius 1 is 0.786 bits per heavy atom. The molecule has 2 nitrogen and oxygen atoms in total. The van der Waals surface area contributed by atoms with E-state index in [4.69, 9.17) is 4.42 Å². The molecule has 0 aliphatic heterocycles. The Balaban J connectivity index is 1.85. The summed E-state index contributed by atoms with van der Waals surface area (Å²) in [5.74, 6) is 0.455. The zero-order chi connectivity index (χ0) is 19.1. The van der Waals surface area contributed by atoms with E-state index in [9.17, 15) is 0 Å². The Kier molecular flexibility index (Phi) is 3.98. The molecule has 5 rings (SSSR count). The van der Waals surface area contributed by atoms with Crippen molar-refractivity contribution in [3.63, 3.8) is 0 Å². The highest BCUT2D eigenvalue weighted by molar-refractivity contribution is 6.16. The zero-order valence-electron chi connectivity index (χ0n) is 16.0. The molecular formula is C26H21NO. The average Bonchev–Trinajstić information content (AvgIpc) is 3.13. The highest BCUT2D eigenvalue weighted by Gasteiger charge is 2.17. The van der Waals surface area contributed by atoms with Crippen molar-refractivity contribution in [3.8, 4) is 22.4 Å². The lowest BCUT2D eigenvalue weighted by Gasteiger charge is -2.10. The Labute approximate surface area is 164 Å².